The zero-order valence-electron chi connectivity index (χ0n) is 13.5. The summed E-state index contributed by atoms with van der Waals surface area (Å²) in [7, 11) is 0. The summed E-state index contributed by atoms with van der Waals surface area (Å²) >= 11 is 2.83. The van der Waals surface area contributed by atoms with Crippen LogP contribution in [0.4, 0.5) is 0 Å². The van der Waals surface area contributed by atoms with Crippen molar-refractivity contribution in [2.75, 3.05) is 5.75 Å². The summed E-state index contributed by atoms with van der Waals surface area (Å²) in [5.74, 6) is 0.294. The van der Waals surface area contributed by atoms with Crippen molar-refractivity contribution in [1.82, 2.24) is 14.9 Å². The number of hydrogen-bond donors (Lipinski definition) is 1. The molecule has 0 radical (unpaired) electrons. The maximum absolute atomic E-state index is 10.9. The SMILES string of the molecule is Cc1ccc(/C=N\n2c(SCC(=O)O)nnc2C2CCCCC2)s1. The van der Waals surface area contributed by atoms with Crippen LogP contribution in [0, 0.1) is 6.92 Å². The molecule has 0 spiro atoms. The van der Waals surface area contributed by atoms with Crippen molar-refractivity contribution < 1.29 is 9.90 Å². The van der Waals surface area contributed by atoms with E-state index in [4.69, 9.17) is 5.11 Å². The second-order valence-electron chi connectivity index (χ2n) is 5.86. The van der Waals surface area contributed by atoms with Gasteiger partial charge < -0.3 is 5.11 Å². The van der Waals surface area contributed by atoms with Crippen LogP contribution in [0.3, 0.4) is 0 Å². The van der Waals surface area contributed by atoms with E-state index in [0.717, 1.165) is 35.3 Å². The topological polar surface area (TPSA) is 80.4 Å². The van der Waals surface area contributed by atoms with Crippen LogP contribution in [0.25, 0.3) is 0 Å². The third kappa shape index (κ3) is 4.24. The van der Waals surface area contributed by atoms with Crippen LogP contribution in [-0.4, -0.2) is 37.9 Å². The molecule has 3 rings (SSSR count). The van der Waals surface area contributed by atoms with Gasteiger partial charge in [0.1, 0.15) is 0 Å². The summed E-state index contributed by atoms with van der Waals surface area (Å²) in [6.45, 7) is 2.06. The van der Waals surface area contributed by atoms with Gasteiger partial charge in [-0.05, 0) is 31.9 Å². The highest BCUT2D eigenvalue weighted by Gasteiger charge is 2.23. The third-order valence-electron chi connectivity index (χ3n) is 3.99. The van der Waals surface area contributed by atoms with E-state index in [1.54, 1.807) is 22.2 Å². The highest BCUT2D eigenvalue weighted by molar-refractivity contribution is 7.99. The van der Waals surface area contributed by atoms with Gasteiger partial charge in [-0.3, -0.25) is 4.79 Å². The Kier molecular flexibility index (Phi) is 5.68. The lowest BCUT2D eigenvalue weighted by molar-refractivity contribution is -0.133. The van der Waals surface area contributed by atoms with Crippen LogP contribution in [0.2, 0.25) is 0 Å². The molecule has 0 aliphatic heterocycles. The molecule has 24 heavy (non-hydrogen) atoms. The number of carboxylic acid groups (broad SMARTS) is 1. The van der Waals surface area contributed by atoms with E-state index < -0.39 is 5.97 Å². The van der Waals surface area contributed by atoms with Crippen molar-refractivity contribution in [3.63, 3.8) is 0 Å². The fourth-order valence-corrected chi connectivity index (χ4v) is 4.21. The molecule has 2 heterocycles. The number of thiophene rings is 1. The van der Waals surface area contributed by atoms with Gasteiger partial charge in [-0.15, -0.1) is 21.5 Å². The van der Waals surface area contributed by atoms with E-state index in [9.17, 15) is 4.79 Å². The van der Waals surface area contributed by atoms with Crippen LogP contribution < -0.4 is 0 Å². The maximum atomic E-state index is 10.9. The quantitative estimate of drug-likeness (QED) is 0.623. The molecule has 1 aliphatic carbocycles. The first-order valence-electron chi connectivity index (χ1n) is 8.04. The molecule has 0 saturated heterocycles. The summed E-state index contributed by atoms with van der Waals surface area (Å²) < 4.78 is 1.73. The summed E-state index contributed by atoms with van der Waals surface area (Å²) in [6, 6.07) is 4.08. The summed E-state index contributed by atoms with van der Waals surface area (Å²) in [6.07, 6.45) is 7.65. The lowest BCUT2D eigenvalue weighted by Gasteiger charge is -2.20. The zero-order chi connectivity index (χ0) is 16.9. The lowest BCUT2D eigenvalue weighted by atomic mass is 9.89. The van der Waals surface area contributed by atoms with Crippen molar-refractivity contribution in [2.45, 2.75) is 50.1 Å². The first-order valence-corrected chi connectivity index (χ1v) is 9.84. The molecule has 0 bridgehead atoms. The molecule has 0 amide bonds. The predicted molar refractivity (Wildman–Crippen MR) is 96.3 cm³/mol. The minimum Gasteiger partial charge on any atom is -0.481 e. The van der Waals surface area contributed by atoms with Gasteiger partial charge in [-0.2, -0.15) is 9.78 Å². The number of carbonyl (C=O) groups is 1. The number of hydrogen-bond acceptors (Lipinski definition) is 6. The van der Waals surface area contributed by atoms with Crippen molar-refractivity contribution in [1.29, 1.82) is 0 Å². The van der Waals surface area contributed by atoms with Crippen LogP contribution in [0.1, 0.15) is 53.6 Å². The molecular formula is C16H20N4O2S2. The van der Waals surface area contributed by atoms with E-state index >= 15 is 0 Å². The minimum atomic E-state index is -0.869. The number of rotatable bonds is 6. The molecule has 2 aromatic heterocycles. The Balaban J connectivity index is 1.87. The monoisotopic (exact) mass is 364 g/mol. The van der Waals surface area contributed by atoms with Crippen molar-refractivity contribution in [2.24, 2.45) is 5.10 Å². The Morgan fingerprint density at radius 3 is 2.88 bits per heavy atom. The van der Waals surface area contributed by atoms with Gasteiger partial charge in [0.15, 0.2) is 5.82 Å². The van der Waals surface area contributed by atoms with Crippen LogP contribution in [0.15, 0.2) is 22.4 Å². The number of thioether (sulfide) groups is 1. The average Bonchev–Trinajstić information content (AvgIpc) is 3.17. The minimum absolute atomic E-state index is 0.0452. The Bertz CT molecular complexity index is 732. The van der Waals surface area contributed by atoms with Crippen LogP contribution in [0.5, 0.6) is 0 Å². The van der Waals surface area contributed by atoms with Gasteiger partial charge in [0, 0.05) is 15.7 Å². The molecule has 1 aliphatic rings. The molecular weight excluding hydrogens is 344 g/mol. The molecule has 0 atom stereocenters. The Hall–Kier alpha value is -1.67. The van der Waals surface area contributed by atoms with Gasteiger partial charge in [0.25, 0.3) is 0 Å². The number of carboxylic acids is 1. The van der Waals surface area contributed by atoms with Gasteiger partial charge in [0.2, 0.25) is 5.16 Å². The molecule has 128 valence electrons. The third-order valence-corrected chi connectivity index (χ3v) is 5.83. The molecule has 8 heteroatoms. The Morgan fingerprint density at radius 2 is 2.21 bits per heavy atom. The second kappa shape index (κ2) is 7.94. The normalized spacial score (nSPS) is 16.0. The van der Waals surface area contributed by atoms with Gasteiger partial charge >= 0.3 is 5.97 Å². The zero-order valence-corrected chi connectivity index (χ0v) is 15.1. The number of nitrogens with zero attached hydrogens (tertiary/aromatic N) is 4. The predicted octanol–water partition coefficient (Wildman–Crippen LogP) is 3.75. The van der Waals surface area contributed by atoms with E-state index in [1.165, 1.54) is 24.1 Å². The number of aryl methyl sites for hydroxylation is 1. The molecule has 1 saturated carbocycles. The summed E-state index contributed by atoms with van der Waals surface area (Å²) in [5, 5.41) is 22.5. The summed E-state index contributed by atoms with van der Waals surface area (Å²) in [5.41, 5.74) is 0. The van der Waals surface area contributed by atoms with E-state index in [-0.39, 0.29) is 5.75 Å². The smallest absolute Gasteiger partial charge is 0.313 e. The first kappa shape index (κ1) is 17.2. The van der Waals surface area contributed by atoms with Gasteiger partial charge in [-0.1, -0.05) is 31.0 Å². The van der Waals surface area contributed by atoms with Crippen molar-refractivity contribution in [3.8, 4) is 0 Å². The number of aromatic nitrogens is 3. The Morgan fingerprint density at radius 1 is 1.42 bits per heavy atom. The standard InChI is InChI=1S/C16H20N4O2S2/c1-11-7-8-13(24-11)9-17-20-15(12-5-3-2-4-6-12)18-19-16(20)23-10-14(21)22/h7-9,12H,2-6,10H2,1H3,(H,21,22)/b17-9-. The average molecular weight is 364 g/mol. The Labute approximate surface area is 149 Å². The largest absolute Gasteiger partial charge is 0.481 e. The lowest BCUT2D eigenvalue weighted by Crippen LogP contribution is -2.11. The maximum Gasteiger partial charge on any atom is 0.313 e. The number of aliphatic carboxylic acids is 1. The van der Waals surface area contributed by atoms with Crippen LogP contribution >= 0.6 is 23.1 Å². The van der Waals surface area contributed by atoms with E-state index in [2.05, 4.69) is 28.3 Å². The fourth-order valence-electron chi connectivity index (χ4n) is 2.85. The van der Waals surface area contributed by atoms with E-state index in [1.807, 2.05) is 6.07 Å². The van der Waals surface area contributed by atoms with Crippen molar-refractivity contribution >= 4 is 35.3 Å². The van der Waals surface area contributed by atoms with Gasteiger partial charge in [-0.25, -0.2) is 0 Å². The molecule has 6 nitrogen and oxygen atoms in total. The van der Waals surface area contributed by atoms with Gasteiger partial charge in [0.05, 0.1) is 12.0 Å². The molecule has 1 N–H and O–H groups in total. The first-order chi connectivity index (χ1) is 11.6. The second-order valence-corrected chi connectivity index (χ2v) is 8.12. The molecule has 0 aromatic carbocycles. The van der Waals surface area contributed by atoms with Crippen molar-refractivity contribution in [3.05, 3.63) is 27.7 Å². The van der Waals surface area contributed by atoms with Crippen LogP contribution in [-0.2, 0) is 4.79 Å². The highest BCUT2D eigenvalue weighted by atomic mass is 32.2. The highest BCUT2D eigenvalue weighted by Crippen LogP contribution is 2.33. The fraction of sp³-hybridized carbons (Fsp3) is 0.500. The molecule has 0 unspecified atom stereocenters. The molecule has 1 fully saturated rings. The summed E-state index contributed by atoms with van der Waals surface area (Å²) in [4.78, 5) is 13.1. The molecule has 2 aromatic rings. The van der Waals surface area contributed by atoms with E-state index in [0.29, 0.717) is 11.1 Å².